The van der Waals surface area contributed by atoms with E-state index in [-0.39, 0.29) is 11.5 Å². The van der Waals surface area contributed by atoms with Gasteiger partial charge in [-0.3, -0.25) is 0 Å². The van der Waals surface area contributed by atoms with Gasteiger partial charge in [-0.2, -0.15) is 4.98 Å². The van der Waals surface area contributed by atoms with E-state index in [4.69, 9.17) is 27.9 Å². The van der Waals surface area contributed by atoms with Crippen molar-refractivity contribution >= 4 is 29.0 Å². The van der Waals surface area contributed by atoms with E-state index in [1.807, 2.05) is 25.8 Å². The average molecular weight is 264 g/mol. The molecule has 0 aromatic carbocycles. The SMILES string of the molecule is COc1ncc(Cl)c(N(C)C(C)(C)CCl)n1. The van der Waals surface area contributed by atoms with Gasteiger partial charge < -0.3 is 9.64 Å². The van der Waals surface area contributed by atoms with Crippen LogP contribution in [0.3, 0.4) is 0 Å². The normalized spacial score (nSPS) is 11.4. The Morgan fingerprint density at radius 1 is 1.50 bits per heavy atom. The molecule has 1 heterocycles. The maximum atomic E-state index is 6.05. The predicted molar refractivity (Wildman–Crippen MR) is 66.8 cm³/mol. The van der Waals surface area contributed by atoms with Crippen molar-refractivity contribution in [3.63, 3.8) is 0 Å². The number of ether oxygens (including phenoxy) is 1. The molecule has 4 nitrogen and oxygen atoms in total. The second-order valence-corrected chi connectivity index (χ2v) is 4.71. The molecule has 0 bridgehead atoms. The fraction of sp³-hybridized carbons (Fsp3) is 0.600. The van der Waals surface area contributed by atoms with Gasteiger partial charge >= 0.3 is 6.01 Å². The Bertz CT molecular complexity index is 371. The number of hydrogen-bond acceptors (Lipinski definition) is 4. The molecular formula is C10H15Cl2N3O. The number of hydrogen-bond donors (Lipinski definition) is 0. The highest BCUT2D eigenvalue weighted by Gasteiger charge is 2.25. The number of methoxy groups -OCH3 is 1. The van der Waals surface area contributed by atoms with Crippen LogP contribution in [0.1, 0.15) is 13.8 Å². The molecule has 0 fully saturated rings. The highest BCUT2D eigenvalue weighted by atomic mass is 35.5. The lowest BCUT2D eigenvalue weighted by Gasteiger charge is -2.35. The Hall–Kier alpha value is -0.740. The van der Waals surface area contributed by atoms with Crippen molar-refractivity contribution in [3.05, 3.63) is 11.2 Å². The number of alkyl halides is 1. The molecule has 0 spiro atoms. The molecule has 6 heteroatoms. The van der Waals surface area contributed by atoms with Crippen LogP contribution in [0.2, 0.25) is 5.02 Å². The second-order valence-electron chi connectivity index (χ2n) is 4.03. The number of rotatable bonds is 4. The third-order valence-corrected chi connectivity index (χ3v) is 3.36. The highest BCUT2D eigenvalue weighted by Crippen LogP contribution is 2.29. The summed E-state index contributed by atoms with van der Waals surface area (Å²) in [6.45, 7) is 4.01. The van der Waals surface area contributed by atoms with Gasteiger partial charge in [-0.1, -0.05) is 11.6 Å². The first-order valence-corrected chi connectivity index (χ1v) is 5.70. The van der Waals surface area contributed by atoms with Gasteiger partial charge in [-0.15, -0.1) is 11.6 Å². The second kappa shape index (κ2) is 5.06. The molecule has 1 aromatic rings. The molecule has 0 aliphatic rings. The maximum Gasteiger partial charge on any atom is 0.318 e. The van der Waals surface area contributed by atoms with E-state index in [0.29, 0.717) is 16.7 Å². The molecule has 0 radical (unpaired) electrons. The number of anilines is 1. The van der Waals surface area contributed by atoms with Crippen molar-refractivity contribution < 1.29 is 4.74 Å². The van der Waals surface area contributed by atoms with Gasteiger partial charge in [0, 0.05) is 18.5 Å². The van der Waals surface area contributed by atoms with Crippen molar-refractivity contribution in [2.75, 3.05) is 24.9 Å². The Balaban J connectivity index is 3.11. The standard InChI is InChI=1S/C10H15Cl2N3O/c1-10(2,6-11)15(3)8-7(12)5-13-9(14-8)16-4/h5H,6H2,1-4H3. The minimum Gasteiger partial charge on any atom is -0.467 e. The van der Waals surface area contributed by atoms with Gasteiger partial charge in [0.1, 0.15) is 5.02 Å². The molecule has 0 saturated carbocycles. The van der Waals surface area contributed by atoms with Crippen LogP contribution in [0.15, 0.2) is 6.20 Å². The van der Waals surface area contributed by atoms with Gasteiger partial charge in [-0.05, 0) is 13.8 Å². The average Bonchev–Trinajstić information content (AvgIpc) is 2.29. The van der Waals surface area contributed by atoms with Crippen LogP contribution >= 0.6 is 23.2 Å². The first-order chi connectivity index (χ1) is 7.42. The zero-order chi connectivity index (χ0) is 12.3. The monoisotopic (exact) mass is 263 g/mol. The van der Waals surface area contributed by atoms with Crippen LogP contribution in [-0.4, -0.2) is 35.5 Å². The molecule has 1 aromatic heterocycles. The smallest absolute Gasteiger partial charge is 0.318 e. The molecule has 0 aliphatic carbocycles. The van der Waals surface area contributed by atoms with E-state index in [2.05, 4.69) is 9.97 Å². The van der Waals surface area contributed by atoms with Gasteiger partial charge in [0.25, 0.3) is 0 Å². The highest BCUT2D eigenvalue weighted by molar-refractivity contribution is 6.32. The molecule has 0 aliphatic heterocycles. The first kappa shape index (κ1) is 13.3. The Morgan fingerprint density at radius 2 is 2.12 bits per heavy atom. The van der Waals surface area contributed by atoms with Gasteiger partial charge in [0.05, 0.1) is 13.3 Å². The Labute approximate surface area is 106 Å². The van der Waals surface area contributed by atoms with Crippen LogP contribution in [0.5, 0.6) is 6.01 Å². The minimum atomic E-state index is -0.245. The van der Waals surface area contributed by atoms with Crippen molar-refractivity contribution in [3.8, 4) is 6.01 Å². The summed E-state index contributed by atoms with van der Waals surface area (Å²) in [5.74, 6) is 1.07. The lowest BCUT2D eigenvalue weighted by Crippen LogP contribution is -2.43. The number of nitrogens with zero attached hydrogens (tertiary/aromatic N) is 3. The summed E-state index contributed by atoms with van der Waals surface area (Å²) >= 11 is 12.0. The van der Waals surface area contributed by atoms with Gasteiger partial charge in [0.15, 0.2) is 5.82 Å². The van der Waals surface area contributed by atoms with Crippen LogP contribution < -0.4 is 9.64 Å². The summed E-state index contributed by atoms with van der Waals surface area (Å²) in [5, 5.41) is 0.474. The largest absolute Gasteiger partial charge is 0.467 e. The quantitative estimate of drug-likeness (QED) is 0.783. The van der Waals surface area contributed by atoms with Crippen LogP contribution in [-0.2, 0) is 0 Å². The van der Waals surface area contributed by atoms with E-state index < -0.39 is 0 Å². The molecule has 0 atom stereocenters. The zero-order valence-corrected chi connectivity index (χ0v) is 11.3. The van der Waals surface area contributed by atoms with E-state index in [9.17, 15) is 0 Å². The first-order valence-electron chi connectivity index (χ1n) is 4.78. The van der Waals surface area contributed by atoms with E-state index >= 15 is 0 Å². The summed E-state index contributed by atoms with van der Waals surface area (Å²) in [4.78, 5) is 10.0. The van der Waals surface area contributed by atoms with Crippen molar-refractivity contribution in [2.24, 2.45) is 0 Å². The minimum absolute atomic E-state index is 0.245. The van der Waals surface area contributed by atoms with E-state index in [1.165, 1.54) is 13.3 Å². The molecule has 16 heavy (non-hydrogen) atoms. The Morgan fingerprint density at radius 3 is 2.62 bits per heavy atom. The molecular weight excluding hydrogens is 249 g/mol. The van der Waals surface area contributed by atoms with E-state index in [0.717, 1.165) is 0 Å². The van der Waals surface area contributed by atoms with E-state index in [1.54, 1.807) is 0 Å². The third-order valence-electron chi connectivity index (χ3n) is 2.44. The molecule has 0 saturated heterocycles. The van der Waals surface area contributed by atoms with Crippen LogP contribution in [0.4, 0.5) is 5.82 Å². The predicted octanol–water partition coefficient (Wildman–Crippen LogP) is 2.59. The lowest BCUT2D eigenvalue weighted by molar-refractivity contribution is 0.379. The molecule has 0 N–H and O–H groups in total. The summed E-state index contributed by atoms with van der Waals surface area (Å²) < 4.78 is 4.97. The van der Waals surface area contributed by atoms with Crippen molar-refractivity contribution in [2.45, 2.75) is 19.4 Å². The summed E-state index contributed by atoms with van der Waals surface area (Å²) in [7, 11) is 3.40. The third kappa shape index (κ3) is 2.68. The molecule has 90 valence electrons. The number of aromatic nitrogens is 2. The molecule has 0 unspecified atom stereocenters. The maximum absolute atomic E-state index is 6.05. The molecule has 0 amide bonds. The van der Waals surface area contributed by atoms with Gasteiger partial charge in [-0.25, -0.2) is 4.98 Å². The van der Waals surface area contributed by atoms with Crippen molar-refractivity contribution in [1.82, 2.24) is 9.97 Å². The Kier molecular flexibility index (Phi) is 4.21. The van der Waals surface area contributed by atoms with Crippen LogP contribution in [0, 0.1) is 0 Å². The fourth-order valence-corrected chi connectivity index (χ4v) is 1.45. The van der Waals surface area contributed by atoms with Crippen molar-refractivity contribution in [1.29, 1.82) is 0 Å². The van der Waals surface area contributed by atoms with Crippen LogP contribution in [0.25, 0.3) is 0 Å². The summed E-state index contributed by atoms with van der Waals surface area (Å²) in [6.07, 6.45) is 1.52. The number of halogens is 2. The zero-order valence-electron chi connectivity index (χ0n) is 9.79. The van der Waals surface area contributed by atoms with Gasteiger partial charge in [0.2, 0.25) is 0 Å². The molecule has 1 rings (SSSR count). The lowest BCUT2D eigenvalue weighted by atomic mass is 10.1. The fourth-order valence-electron chi connectivity index (χ4n) is 1.05. The summed E-state index contributed by atoms with van der Waals surface area (Å²) in [6, 6.07) is 0.289. The summed E-state index contributed by atoms with van der Waals surface area (Å²) in [5.41, 5.74) is -0.245. The topological polar surface area (TPSA) is 38.2 Å².